The van der Waals surface area contributed by atoms with E-state index in [0.29, 0.717) is 24.6 Å². The van der Waals surface area contributed by atoms with Crippen molar-refractivity contribution in [1.82, 2.24) is 4.90 Å². The highest BCUT2D eigenvalue weighted by Crippen LogP contribution is 2.43. The Morgan fingerprint density at radius 2 is 1.81 bits per heavy atom. The van der Waals surface area contributed by atoms with Crippen molar-refractivity contribution < 1.29 is 18.0 Å². The molecule has 3 rings (SSSR count). The molecule has 0 atom stereocenters. The molecule has 1 aromatic rings. The number of hydrogen-bond donors (Lipinski definition) is 1. The van der Waals surface area contributed by atoms with Gasteiger partial charge >= 0.3 is 6.18 Å². The summed E-state index contributed by atoms with van der Waals surface area (Å²) in [6.07, 6.45) is -1.95. The summed E-state index contributed by atoms with van der Waals surface area (Å²) in [5, 5.41) is 0. The van der Waals surface area contributed by atoms with Gasteiger partial charge in [0.15, 0.2) is 0 Å². The van der Waals surface area contributed by atoms with E-state index in [4.69, 9.17) is 5.73 Å². The Bertz CT molecular complexity index is 543. The number of hydrogen-bond acceptors (Lipinski definition) is 2. The first-order valence-corrected chi connectivity index (χ1v) is 7.01. The molecule has 2 N–H and O–H groups in total. The molecule has 21 heavy (non-hydrogen) atoms. The van der Waals surface area contributed by atoms with E-state index in [0.717, 1.165) is 25.0 Å². The van der Waals surface area contributed by atoms with Gasteiger partial charge in [0, 0.05) is 13.1 Å². The number of nitrogens with two attached hydrogens (primary N) is 1. The zero-order valence-corrected chi connectivity index (χ0v) is 11.5. The van der Waals surface area contributed by atoms with Gasteiger partial charge in [0.25, 0.3) is 0 Å². The lowest BCUT2D eigenvalue weighted by atomic mass is 9.85. The Labute approximate surface area is 120 Å². The van der Waals surface area contributed by atoms with Gasteiger partial charge in [0.2, 0.25) is 5.91 Å². The van der Waals surface area contributed by atoms with Crippen LogP contribution in [-0.4, -0.2) is 29.4 Å². The molecule has 1 aromatic carbocycles. The lowest BCUT2D eigenvalue weighted by Gasteiger charge is -2.48. The quantitative estimate of drug-likeness (QED) is 0.930. The van der Waals surface area contributed by atoms with Crippen molar-refractivity contribution in [3.05, 3.63) is 35.4 Å². The third-order valence-corrected chi connectivity index (χ3v) is 4.35. The van der Waals surface area contributed by atoms with Crippen LogP contribution < -0.4 is 5.73 Å². The van der Waals surface area contributed by atoms with Crippen molar-refractivity contribution in [1.29, 1.82) is 0 Å². The van der Waals surface area contributed by atoms with Gasteiger partial charge in [0.1, 0.15) is 0 Å². The number of halogens is 3. The van der Waals surface area contributed by atoms with Crippen LogP contribution in [-0.2, 0) is 17.4 Å². The van der Waals surface area contributed by atoms with Crippen LogP contribution in [0.3, 0.4) is 0 Å². The Hall–Kier alpha value is -1.56. The maximum atomic E-state index is 12.5. The molecule has 2 fully saturated rings. The minimum atomic E-state index is -4.34. The van der Waals surface area contributed by atoms with Gasteiger partial charge in [0.05, 0.1) is 17.5 Å². The van der Waals surface area contributed by atoms with Gasteiger partial charge < -0.3 is 10.6 Å². The first kappa shape index (κ1) is 14.4. The summed E-state index contributed by atoms with van der Waals surface area (Å²) in [5.41, 5.74) is 5.85. The molecule has 1 aliphatic heterocycles. The maximum Gasteiger partial charge on any atom is 0.416 e. The van der Waals surface area contributed by atoms with Crippen LogP contribution in [0.15, 0.2) is 24.3 Å². The van der Waals surface area contributed by atoms with Crippen LogP contribution in [0.4, 0.5) is 13.2 Å². The molecule has 3 nitrogen and oxygen atoms in total. The number of carbonyl (C=O) groups is 1. The largest absolute Gasteiger partial charge is 0.416 e. The number of carbonyl (C=O) groups excluding carboxylic acids is 1. The SMILES string of the molecule is NC1(C2CC2)CN(C(=O)Cc2ccc(C(F)(F)F)cc2)C1. The fraction of sp³-hybridized carbons (Fsp3) is 0.533. The summed E-state index contributed by atoms with van der Waals surface area (Å²) in [5.74, 6) is 0.462. The van der Waals surface area contributed by atoms with Crippen LogP contribution in [0, 0.1) is 5.92 Å². The lowest BCUT2D eigenvalue weighted by Crippen LogP contribution is -2.70. The summed E-state index contributed by atoms with van der Waals surface area (Å²) < 4.78 is 37.4. The van der Waals surface area contributed by atoms with Gasteiger partial charge in [-0.05, 0) is 36.5 Å². The number of likely N-dealkylation sites (tertiary alicyclic amines) is 1. The van der Waals surface area contributed by atoms with Crippen molar-refractivity contribution in [2.75, 3.05) is 13.1 Å². The van der Waals surface area contributed by atoms with Crippen molar-refractivity contribution in [2.24, 2.45) is 11.7 Å². The van der Waals surface area contributed by atoms with E-state index in [1.54, 1.807) is 4.90 Å². The predicted octanol–water partition coefficient (Wildman–Crippen LogP) is 2.20. The lowest BCUT2D eigenvalue weighted by molar-refractivity contribution is -0.138. The number of rotatable bonds is 3. The second-order valence-electron chi connectivity index (χ2n) is 6.13. The zero-order chi connectivity index (χ0) is 15.3. The van der Waals surface area contributed by atoms with E-state index in [-0.39, 0.29) is 17.9 Å². The van der Waals surface area contributed by atoms with Gasteiger partial charge in [-0.15, -0.1) is 0 Å². The third kappa shape index (κ3) is 2.90. The predicted molar refractivity (Wildman–Crippen MR) is 71.4 cm³/mol. The molecule has 1 aliphatic carbocycles. The molecule has 6 heteroatoms. The van der Waals surface area contributed by atoms with Gasteiger partial charge in [-0.1, -0.05) is 12.1 Å². The second-order valence-corrected chi connectivity index (χ2v) is 6.13. The molecule has 2 aliphatic rings. The first-order chi connectivity index (χ1) is 9.78. The fourth-order valence-electron chi connectivity index (χ4n) is 2.86. The number of amides is 1. The van der Waals surface area contributed by atoms with Crippen LogP contribution >= 0.6 is 0 Å². The van der Waals surface area contributed by atoms with Gasteiger partial charge in [-0.3, -0.25) is 4.79 Å². The fourth-order valence-corrected chi connectivity index (χ4v) is 2.86. The number of benzene rings is 1. The normalized spacial score (nSPS) is 21.0. The molecule has 0 spiro atoms. The average Bonchev–Trinajstić information content (AvgIpc) is 3.19. The molecule has 1 saturated heterocycles. The molecule has 0 aromatic heterocycles. The van der Waals surface area contributed by atoms with E-state index < -0.39 is 11.7 Å². The zero-order valence-electron chi connectivity index (χ0n) is 11.5. The van der Waals surface area contributed by atoms with Crippen LogP contribution in [0.2, 0.25) is 0 Å². The highest BCUT2D eigenvalue weighted by atomic mass is 19.4. The highest BCUT2D eigenvalue weighted by molar-refractivity contribution is 5.80. The topological polar surface area (TPSA) is 46.3 Å². The summed E-state index contributed by atoms with van der Waals surface area (Å²) in [7, 11) is 0. The van der Waals surface area contributed by atoms with Crippen LogP contribution in [0.5, 0.6) is 0 Å². The maximum absolute atomic E-state index is 12.5. The van der Waals surface area contributed by atoms with Crippen molar-refractivity contribution in [3.8, 4) is 0 Å². The Kier molecular flexibility index (Phi) is 3.24. The minimum Gasteiger partial charge on any atom is -0.339 e. The standard InChI is InChI=1S/C15H17F3N2O/c16-15(17,18)12-3-1-10(2-4-12)7-13(21)20-8-14(19,9-20)11-5-6-11/h1-4,11H,5-9,19H2. The van der Waals surface area contributed by atoms with Gasteiger partial charge in [-0.25, -0.2) is 0 Å². The smallest absolute Gasteiger partial charge is 0.339 e. The van der Waals surface area contributed by atoms with Crippen molar-refractivity contribution >= 4 is 5.91 Å². The first-order valence-electron chi connectivity index (χ1n) is 7.01. The molecule has 114 valence electrons. The molecule has 0 bridgehead atoms. The van der Waals surface area contributed by atoms with Crippen LogP contribution in [0.1, 0.15) is 24.0 Å². The Balaban J connectivity index is 1.56. The monoisotopic (exact) mass is 298 g/mol. The van der Waals surface area contributed by atoms with E-state index >= 15 is 0 Å². The molecule has 0 radical (unpaired) electrons. The van der Waals surface area contributed by atoms with Crippen molar-refractivity contribution in [3.63, 3.8) is 0 Å². The summed E-state index contributed by atoms with van der Waals surface area (Å²) in [4.78, 5) is 13.7. The Morgan fingerprint density at radius 1 is 1.24 bits per heavy atom. The minimum absolute atomic E-state index is 0.0727. The average molecular weight is 298 g/mol. The Morgan fingerprint density at radius 3 is 2.29 bits per heavy atom. The third-order valence-electron chi connectivity index (χ3n) is 4.35. The van der Waals surface area contributed by atoms with E-state index in [9.17, 15) is 18.0 Å². The molecular weight excluding hydrogens is 281 g/mol. The summed E-state index contributed by atoms with van der Waals surface area (Å²) in [6, 6.07) is 4.74. The second kappa shape index (κ2) is 4.73. The van der Waals surface area contributed by atoms with Crippen molar-refractivity contribution in [2.45, 2.75) is 31.0 Å². The van der Waals surface area contributed by atoms with E-state index in [2.05, 4.69) is 0 Å². The number of alkyl halides is 3. The van der Waals surface area contributed by atoms with Gasteiger partial charge in [-0.2, -0.15) is 13.2 Å². The molecule has 0 unspecified atom stereocenters. The highest BCUT2D eigenvalue weighted by Gasteiger charge is 2.51. The molecule has 1 saturated carbocycles. The van der Waals surface area contributed by atoms with E-state index in [1.165, 1.54) is 12.1 Å². The molecule has 1 amide bonds. The number of nitrogens with zero attached hydrogens (tertiary/aromatic N) is 1. The summed E-state index contributed by atoms with van der Waals surface area (Å²) in [6.45, 7) is 1.13. The summed E-state index contributed by atoms with van der Waals surface area (Å²) >= 11 is 0. The molecular formula is C15H17F3N2O. The van der Waals surface area contributed by atoms with E-state index in [1.807, 2.05) is 0 Å². The molecule has 1 heterocycles. The van der Waals surface area contributed by atoms with Crippen LogP contribution in [0.25, 0.3) is 0 Å².